The van der Waals surface area contributed by atoms with E-state index in [0.29, 0.717) is 24.1 Å². The maximum absolute atomic E-state index is 11.6. The highest BCUT2D eigenvalue weighted by molar-refractivity contribution is 7.17. The van der Waals surface area contributed by atoms with E-state index < -0.39 is 0 Å². The zero-order valence-corrected chi connectivity index (χ0v) is 14.0. The number of nitrogens with zero attached hydrogens (tertiary/aromatic N) is 4. The Kier molecular flexibility index (Phi) is 4.24. The van der Waals surface area contributed by atoms with Gasteiger partial charge in [0.15, 0.2) is 5.82 Å². The maximum atomic E-state index is 11.6. The Hall–Kier alpha value is -2.48. The number of carbonyl (C=O) groups excluding carboxylic acids is 1. The van der Waals surface area contributed by atoms with Gasteiger partial charge in [0.2, 0.25) is 5.95 Å². The fraction of sp³-hybridized carbons (Fsp3) is 0.333. The van der Waals surface area contributed by atoms with Crippen LogP contribution in [0.5, 0.6) is 0 Å². The van der Waals surface area contributed by atoms with Gasteiger partial charge in [0.25, 0.3) is 0 Å². The first-order chi connectivity index (χ1) is 11.1. The number of anilines is 1. The number of aromatic amines is 1. The lowest BCUT2D eigenvalue weighted by Gasteiger charge is -2.11. The molecule has 0 aromatic carbocycles. The number of aromatic nitrogens is 4. The minimum atomic E-state index is -0.277. The lowest BCUT2D eigenvalue weighted by atomic mass is 10.3. The molecule has 0 saturated heterocycles. The Balaban J connectivity index is 1.98. The number of imidazole rings is 1. The normalized spacial score (nSPS) is 10.9. The van der Waals surface area contributed by atoms with Gasteiger partial charge in [0.1, 0.15) is 5.69 Å². The van der Waals surface area contributed by atoms with Crippen LogP contribution in [0.4, 0.5) is 5.95 Å². The van der Waals surface area contributed by atoms with E-state index in [1.807, 2.05) is 30.4 Å². The second-order valence-corrected chi connectivity index (χ2v) is 6.06. The Labute approximate surface area is 137 Å². The van der Waals surface area contributed by atoms with Crippen molar-refractivity contribution in [2.24, 2.45) is 0 Å². The summed E-state index contributed by atoms with van der Waals surface area (Å²) in [5.74, 6) is 0.970. The van der Waals surface area contributed by atoms with Gasteiger partial charge in [-0.15, -0.1) is 11.3 Å². The Morgan fingerprint density at radius 2 is 2.22 bits per heavy atom. The molecule has 0 saturated carbocycles. The molecule has 23 heavy (non-hydrogen) atoms. The van der Waals surface area contributed by atoms with Crippen molar-refractivity contribution in [3.05, 3.63) is 23.3 Å². The molecular weight excluding hydrogens is 314 g/mol. The molecule has 0 spiro atoms. The SMILES string of the molecule is CCOC(=O)Cc1cnc(-c2nc(N(C)C)nc3ccsc23)[nH]1. The third-order valence-corrected chi connectivity index (χ3v) is 4.09. The smallest absolute Gasteiger partial charge is 0.311 e. The Bertz CT molecular complexity index is 839. The molecule has 0 aliphatic carbocycles. The summed E-state index contributed by atoms with van der Waals surface area (Å²) in [6.07, 6.45) is 1.81. The van der Waals surface area contributed by atoms with E-state index in [-0.39, 0.29) is 12.4 Å². The molecule has 0 unspecified atom stereocenters. The highest BCUT2D eigenvalue weighted by Crippen LogP contribution is 2.30. The highest BCUT2D eigenvalue weighted by Gasteiger charge is 2.16. The second kappa shape index (κ2) is 6.33. The van der Waals surface area contributed by atoms with Gasteiger partial charge in [-0.1, -0.05) is 0 Å². The zero-order chi connectivity index (χ0) is 16.4. The van der Waals surface area contributed by atoms with Crippen LogP contribution in [-0.4, -0.2) is 46.6 Å². The molecule has 120 valence electrons. The monoisotopic (exact) mass is 331 g/mol. The fourth-order valence-corrected chi connectivity index (χ4v) is 2.97. The van der Waals surface area contributed by atoms with Gasteiger partial charge in [0.05, 0.1) is 23.2 Å². The van der Waals surface area contributed by atoms with E-state index >= 15 is 0 Å². The van der Waals surface area contributed by atoms with E-state index in [1.54, 1.807) is 24.5 Å². The van der Waals surface area contributed by atoms with E-state index in [2.05, 4.69) is 19.9 Å². The van der Waals surface area contributed by atoms with E-state index in [1.165, 1.54) is 0 Å². The molecule has 0 amide bonds. The van der Waals surface area contributed by atoms with Crippen LogP contribution in [0, 0.1) is 0 Å². The van der Waals surface area contributed by atoms with Crippen LogP contribution in [0.15, 0.2) is 17.6 Å². The number of carbonyl (C=O) groups is 1. The van der Waals surface area contributed by atoms with Crippen LogP contribution < -0.4 is 4.90 Å². The summed E-state index contributed by atoms with van der Waals surface area (Å²) in [4.78, 5) is 30.0. The maximum Gasteiger partial charge on any atom is 0.311 e. The minimum Gasteiger partial charge on any atom is -0.466 e. The van der Waals surface area contributed by atoms with Crippen molar-refractivity contribution >= 4 is 33.5 Å². The predicted octanol–water partition coefficient (Wildman–Crippen LogP) is 2.25. The first kappa shape index (κ1) is 15.4. The Morgan fingerprint density at radius 3 is 2.96 bits per heavy atom. The molecule has 1 N–H and O–H groups in total. The molecule has 3 aromatic rings. The van der Waals surface area contributed by atoms with Gasteiger partial charge in [-0.2, -0.15) is 0 Å². The number of hydrogen-bond donors (Lipinski definition) is 1. The molecule has 7 nitrogen and oxygen atoms in total. The molecule has 0 radical (unpaired) electrons. The number of hydrogen-bond acceptors (Lipinski definition) is 7. The van der Waals surface area contributed by atoms with Crippen molar-refractivity contribution < 1.29 is 9.53 Å². The zero-order valence-electron chi connectivity index (χ0n) is 13.2. The number of H-pyrrole nitrogens is 1. The molecule has 0 aliphatic rings. The molecule has 3 aromatic heterocycles. The van der Waals surface area contributed by atoms with E-state index in [9.17, 15) is 4.79 Å². The number of ether oxygens (including phenoxy) is 1. The first-order valence-electron chi connectivity index (χ1n) is 7.21. The molecule has 3 rings (SSSR count). The third kappa shape index (κ3) is 3.16. The summed E-state index contributed by atoms with van der Waals surface area (Å²) in [6.45, 7) is 2.15. The molecule has 0 bridgehead atoms. The first-order valence-corrected chi connectivity index (χ1v) is 8.09. The van der Waals surface area contributed by atoms with Crippen LogP contribution in [0.1, 0.15) is 12.6 Å². The molecular formula is C15H17N5O2S. The quantitative estimate of drug-likeness (QED) is 0.722. The second-order valence-electron chi connectivity index (χ2n) is 5.14. The summed E-state index contributed by atoms with van der Waals surface area (Å²) in [5.41, 5.74) is 2.32. The van der Waals surface area contributed by atoms with Crippen LogP contribution in [-0.2, 0) is 16.0 Å². The van der Waals surface area contributed by atoms with Crippen molar-refractivity contribution in [2.45, 2.75) is 13.3 Å². The summed E-state index contributed by atoms with van der Waals surface area (Å²) in [5, 5.41) is 1.98. The van der Waals surface area contributed by atoms with Crippen molar-refractivity contribution in [2.75, 3.05) is 25.6 Å². The standard InChI is InChI=1S/C15H17N5O2S/c1-4-22-11(21)7-9-8-16-14(17-9)12-13-10(5-6-23-13)18-15(19-12)20(2)3/h5-6,8H,4,7H2,1-3H3,(H,16,17). The largest absolute Gasteiger partial charge is 0.466 e. The number of nitrogens with one attached hydrogen (secondary N) is 1. The predicted molar refractivity (Wildman–Crippen MR) is 89.7 cm³/mol. The molecule has 0 atom stereocenters. The number of thiophene rings is 1. The topological polar surface area (TPSA) is 84.0 Å². The lowest BCUT2D eigenvalue weighted by Crippen LogP contribution is -2.13. The van der Waals surface area contributed by atoms with E-state index in [4.69, 9.17) is 4.74 Å². The van der Waals surface area contributed by atoms with E-state index in [0.717, 1.165) is 15.9 Å². The van der Waals surface area contributed by atoms with Crippen molar-refractivity contribution in [1.29, 1.82) is 0 Å². The van der Waals surface area contributed by atoms with Gasteiger partial charge >= 0.3 is 5.97 Å². The minimum absolute atomic E-state index is 0.167. The molecule has 0 aliphatic heterocycles. The molecule has 0 fully saturated rings. The summed E-state index contributed by atoms with van der Waals surface area (Å²) < 4.78 is 5.92. The fourth-order valence-electron chi connectivity index (χ4n) is 2.15. The van der Waals surface area contributed by atoms with Crippen molar-refractivity contribution in [3.8, 4) is 11.5 Å². The highest BCUT2D eigenvalue weighted by atomic mass is 32.1. The number of rotatable bonds is 5. The Morgan fingerprint density at radius 1 is 1.39 bits per heavy atom. The van der Waals surface area contributed by atoms with Gasteiger partial charge in [0, 0.05) is 26.0 Å². The van der Waals surface area contributed by atoms with Gasteiger partial charge < -0.3 is 14.6 Å². The summed E-state index contributed by atoms with van der Waals surface area (Å²) in [7, 11) is 3.79. The van der Waals surface area contributed by atoms with Gasteiger partial charge in [-0.3, -0.25) is 4.79 Å². The van der Waals surface area contributed by atoms with Crippen molar-refractivity contribution in [1.82, 2.24) is 19.9 Å². The van der Waals surface area contributed by atoms with Crippen LogP contribution in [0.2, 0.25) is 0 Å². The van der Waals surface area contributed by atoms with Crippen LogP contribution in [0.25, 0.3) is 21.7 Å². The number of esters is 1. The molecule has 8 heteroatoms. The van der Waals surface area contributed by atoms with Crippen LogP contribution >= 0.6 is 11.3 Å². The summed E-state index contributed by atoms with van der Waals surface area (Å²) in [6, 6.07) is 1.96. The van der Waals surface area contributed by atoms with Gasteiger partial charge in [-0.25, -0.2) is 15.0 Å². The average Bonchev–Trinajstić information content (AvgIpc) is 3.14. The summed E-state index contributed by atoms with van der Waals surface area (Å²) >= 11 is 1.57. The number of fused-ring (bicyclic) bond motifs is 1. The molecule has 3 heterocycles. The van der Waals surface area contributed by atoms with Crippen LogP contribution in [0.3, 0.4) is 0 Å². The van der Waals surface area contributed by atoms with Crippen molar-refractivity contribution in [3.63, 3.8) is 0 Å². The lowest BCUT2D eigenvalue weighted by molar-refractivity contribution is -0.142. The van der Waals surface area contributed by atoms with Gasteiger partial charge in [-0.05, 0) is 18.4 Å². The average molecular weight is 331 g/mol. The third-order valence-electron chi connectivity index (χ3n) is 3.18.